The quantitative estimate of drug-likeness (QED) is 0.622. The third-order valence-electron chi connectivity index (χ3n) is 2.81. The van der Waals surface area contributed by atoms with Crippen molar-refractivity contribution in [3.8, 4) is 5.75 Å². The fourth-order valence-electron chi connectivity index (χ4n) is 1.83. The van der Waals surface area contributed by atoms with Gasteiger partial charge in [0.15, 0.2) is 5.96 Å². The normalized spacial score (nSPS) is 13.2. The van der Waals surface area contributed by atoms with Gasteiger partial charge in [-0.25, -0.2) is 0 Å². The predicted octanol–water partition coefficient (Wildman–Crippen LogP) is 2.03. The van der Waals surface area contributed by atoms with Crippen LogP contribution in [0.3, 0.4) is 0 Å². The van der Waals surface area contributed by atoms with Gasteiger partial charge in [-0.1, -0.05) is 12.1 Å². The summed E-state index contributed by atoms with van der Waals surface area (Å²) in [6, 6.07) is 7.50. The highest BCUT2D eigenvalue weighted by Crippen LogP contribution is 2.19. The first-order chi connectivity index (χ1) is 9.93. The summed E-state index contributed by atoms with van der Waals surface area (Å²) in [5, 5.41) is 13.4. The Morgan fingerprint density at radius 3 is 2.38 bits per heavy atom. The maximum Gasteiger partial charge on any atom is 0.193 e. The van der Waals surface area contributed by atoms with Crippen molar-refractivity contribution in [2.75, 3.05) is 27.2 Å². The molecule has 0 saturated carbocycles. The van der Waals surface area contributed by atoms with Crippen LogP contribution < -0.4 is 10.1 Å². The number of hydrogen-bond donors (Lipinski definition) is 2. The van der Waals surface area contributed by atoms with Gasteiger partial charge in [-0.05, 0) is 38.5 Å². The van der Waals surface area contributed by atoms with E-state index in [2.05, 4.69) is 10.3 Å². The number of hydrogen-bond acceptors (Lipinski definition) is 3. The van der Waals surface area contributed by atoms with Crippen molar-refractivity contribution in [3.63, 3.8) is 0 Å². The molecule has 1 aromatic rings. The van der Waals surface area contributed by atoms with Crippen molar-refractivity contribution in [1.29, 1.82) is 0 Å². The minimum atomic E-state index is -0.619. The molecule has 0 aromatic heterocycles. The van der Waals surface area contributed by atoms with E-state index in [9.17, 15) is 5.11 Å². The lowest BCUT2D eigenvalue weighted by molar-refractivity contribution is 0.186. The van der Waals surface area contributed by atoms with E-state index in [0.717, 1.165) is 23.8 Å². The molecular weight excluding hydrogens is 266 g/mol. The molecule has 0 bridgehead atoms. The highest BCUT2D eigenvalue weighted by Gasteiger charge is 2.09. The largest absolute Gasteiger partial charge is 0.491 e. The molecule has 0 aliphatic rings. The molecular formula is C16H27N3O2. The molecule has 0 aliphatic heterocycles. The molecule has 0 spiro atoms. The summed E-state index contributed by atoms with van der Waals surface area (Å²) in [5.41, 5.74) is 0.837. The van der Waals surface area contributed by atoms with Gasteiger partial charge >= 0.3 is 0 Å². The van der Waals surface area contributed by atoms with E-state index in [1.165, 1.54) is 0 Å². The van der Waals surface area contributed by atoms with Crippen LogP contribution in [0.5, 0.6) is 5.75 Å². The van der Waals surface area contributed by atoms with Crippen molar-refractivity contribution in [3.05, 3.63) is 29.8 Å². The molecule has 118 valence electrons. The van der Waals surface area contributed by atoms with Crippen LogP contribution in [0.15, 0.2) is 29.3 Å². The van der Waals surface area contributed by atoms with Crippen LogP contribution in [0, 0.1) is 0 Å². The van der Waals surface area contributed by atoms with Crippen LogP contribution in [0.25, 0.3) is 0 Å². The summed E-state index contributed by atoms with van der Waals surface area (Å²) in [4.78, 5) is 6.31. The molecule has 0 heterocycles. The van der Waals surface area contributed by atoms with Gasteiger partial charge in [-0.3, -0.25) is 4.99 Å². The lowest BCUT2D eigenvalue weighted by Crippen LogP contribution is -2.36. The Balaban J connectivity index is 2.66. The molecule has 0 aliphatic carbocycles. The van der Waals surface area contributed by atoms with Crippen molar-refractivity contribution < 1.29 is 9.84 Å². The van der Waals surface area contributed by atoms with Gasteiger partial charge in [0, 0.05) is 20.6 Å². The van der Waals surface area contributed by atoms with Gasteiger partial charge in [-0.2, -0.15) is 0 Å². The third-order valence-corrected chi connectivity index (χ3v) is 2.81. The number of aliphatic hydroxyl groups is 1. The maximum absolute atomic E-state index is 10.2. The number of aliphatic imine (C=N–C) groups is 1. The van der Waals surface area contributed by atoms with E-state index in [1.54, 1.807) is 0 Å². The average molecular weight is 293 g/mol. The minimum absolute atomic E-state index is 0.146. The van der Waals surface area contributed by atoms with E-state index < -0.39 is 6.10 Å². The Morgan fingerprint density at radius 2 is 1.90 bits per heavy atom. The lowest BCUT2D eigenvalue weighted by atomic mass is 10.1. The lowest BCUT2D eigenvalue weighted by Gasteiger charge is -2.18. The molecule has 0 radical (unpaired) electrons. The highest BCUT2D eigenvalue weighted by atomic mass is 16.5. The zero-order valence-electron chi connectivity index (χ0n) is 13.6. The van der Waals surface area contributed by atoms with Crippen LogP contribution >= 0.6 is 0 Å². The van der Waals surface area contributed by atoms with E-state index in [0.29, 0.717) is 6.54 Å². The van der Waals surface area contributed by atoms with E-state index in [-0.39, 0.29) is 6.10 Å². The van der Waals surface area contributed by atoms with Gasteiger partial charge in [0.25, 0.3) is 0 Å². The molecule has 21 heavy (non-hydrogen) atoms. The molecule has 0 saturated heterocycles. The maximum atomic E-state index is 10.2. The van der Waals surface area contributed by atoms with Gasteiger partial charge in [0.2, 0.25) is 0 Å². The monoisotopic (exact) mass is 293 g/mol. The molecule has 5 heteroatoms. The second kappa shape index (κ2) is 8.52. The summed E-state index contributed by atoms with van der Waals surface area (Å²) in [7, 11) is 3.85. The number of guanidine groups is 1. The number of rotatable bonds is 6. The zero-order valence-corrected chi connectivity index (χ0v) is 13.6. The second-order valence-corrected chi connectivity index (χ2v) is 5.34. The average Bonchev–Trinajstić information content (AvgIpc) is 2.43. The number of benzene rings is 1. The fourth-order valence-corrected chi connectivity index (χ4v) is 1.83. The van der Waals surface area contributed by atoms with Crippen LogP contribution in [0.1, 0.15) is 32.4 Å². The van der Waals surface area contributed by atoms with Gasteiger partial charge < -0.3 is 20.1 Å². The smallest absolute Gasteiger partial charge is 0.193 e. The summed E-state index contributed by atoms with van der Waals surface area (Å²) in [6.07, 6.45) is -0.472. The standard InChI is InChI=1S/C16H27N3O2/c1-6-17-16(19(4)5)18-11-15(20)13-7-9-14(10-8-13)21-12(2)3/h7-10,12,15,20H,6,11H2,1-5H3,(H,17,18). The summed E-state index contributed by atoms with van der Waals surface area (Å²) in [5.74, 6) is 1.59. The fraction of sp³-hybridized carbons (Fsp3) is 0.562. The first-order valence-electron chi connectivity index (χ1n) is 7.34. The van der Waals surface area contributed by atoms with Crippen molar-refractivity contribution in [1.82, 2.24) is 10.2 Å². The van der Waals surface area contributed by atoms with Crippen molar-refractivity contribution in [2.24, 2.45) is 4.99 Å². The van der Waals surface area contributed by atoms with Crippen molar-refractivity contribution in [2.45, 2.75) is 33.0 Å². The Labute approximate surface area is 127 Å². The van der Waals surface area contributed by atoms with E-state index in [1.807, 2.05) is 64.0 Å². The molecule has 1 rings (SSSR count). The Morgan fingerprint density at radius 1 is 1.29 bits per heavy atom. The number of nitrogens with zero attached hydrogens (tertiary/aromatic N) is 2. The van der Waals surface area contributed by atoms with Crippen LogP contribution in [0.4, 0.5) is 0 Å². The molecule has 0 amide bonds. The molecule has 1 atom stereocenters. The van der Waals surface area contributed by atoms with Gasteiger partial charge in [0.1, 0.15) is 5.75 Å². The van der Waals surface area contributed by atoms with Crippen LogP contribution in [-0.2, 0) is 0 Å². The third kappa shape index (κ3) is 6.04. The Kier molecular flexibility index (Phi) is 7.02. The molecule has 5 nitrogen and oxygen atoms in total. The van der Waals surface area contributed by atoms with Gasteiger partial charge in [-0.15, -0.1) is 0 Å². The van der Waals surface area contributed by atoms with Crippen LogP contribution in [0.2, 0.25) is 0 Å². The van der Waals surface area contributed by atoms with Gasteiger partial charge in [0.05, 0.1) is 18.8 Å². The second-order valence-electron chi connectivity index (χ2n) is 5.34. The first kappa shape index (κ1) is 17.3. The summed E-state index contributed by atoms with van der Waals surface area (Å²) >= 11 is 0. The minimum Gasteiger partial charge on any atom is -0.491 e. The molecule has 1 unspecified atom stereocenters. The van der Waals surface area contributed by atoms with E-state index >= 15 is 0 Å². The Bertz CT molecular complexity index is 441. The summed E-state index contributed by atoms with van der Waals surface area (Å²) < 4.78 is 5.58. The van der Waals surface area contributed by atoms with E-state index in [4.69, 9.17) is 4.74 Å². The first-order valence-corrected chi connectivity index (χ1v) is 7.34. The summed E-state index contributed by atoms with van der Waals surface area (Å²) in [6.45, 7) is 7.12. The highest BCUT2D eigenvalue weighted by molar-refractivity contribution is 5.79. The zero-order chi connectivity index (χ0) is 15.8. The number of aliphatic hydroxyl groups excluding tert-OH is 1. The molecule has 0 fully saturated rings. The molecule has 1 aromatic carbocycles. The Hall–Kier alpha value is -1.75. The topological polar surface area (TPSA) is 57.1 Å². The van der Waals surface area contributed by atoms with Crippen molar-refractivity contribution >= 4 is 5.96 Å². The number of nitrogens with one attached hydrogen (secondary N) is 1. The predicted molar refractivity (Wildman–Crippen MR) is 86.8 cm³/mol. The SMILES string of the molecule is CCNC(=NCC(O)c1ccc(OC(C)C)cc1)N(C)C. The number of ether oxygens (including phenoxy) is 1. The molecule has 2 N–H and O–H groups in total. The van der Waals surface area contributed by atoms with Crippen LogP contribution in [-0.4, -0.2) is 49.3 Å².